The van der Waals surface area contributed by atoms with E-state index < -0.39 is 5.97 Å². The Balaban J connectivity index is 2.83. The van der Waals surface area contributed by atoms with Crippen LogP contribution >= 0.6 is 0 Å². The van der Waals surface area contributed by atoms with Crippen molar-refractivity contribution >= 4 is 5.97 Å². The van der Waals surface area contributed by atoms with E-state index in [-0.39, 0.29) is 18.1 Å². The van der Waals surface area contributed by atoms with Crippen LogP contribution in [0.15, 0.2) is 18.5 Å². The molecule has 0 aliphatic heterocycles. The average Bonchev–Trinajstić information content (AvgIpc) is 2.16. The van der Waals surface area contributed by atoms with Crippen molar-refractivity contribution in [3.8, 4) is 5.75 Å². The Morgan fingerprint density at radius 2 is 2.33 bits per heavy atom. The second-order valence-corrected chi connectivity index (χ2v) is 3.33. The van der Waals surface area contributed by atoms with Crippen LogP contribution in [0.3, 0.4) is 0 Å². The molecular weight excluding hydrogens is 196 g/mol. The molecule has 0 saturated heterocycles. The van der Waals surface area contributed by atoms with Crippen molar-refractivity contribution in [1.82, 2.24) is 10.3 Å². The molecule has 0 bridgehead atoms. The van der Waals surface area contributed by atoms with Crippen molar-refractivity contribution in [2.75, 3.05) is 13.6 Å². The number of aromatic hydroxyl groups is 1. The van der Waals surface area contributed by atoms with Gasteiger partial charge in [-0.2, -0.15) is 0 Å². The van der Waals surface area contributed by atoms with Gasteiger partial charge in [-0.15, -0.1) is 0 Å². The summed E-state index contributed by atoms with van der Waals surface area (Å²) in [6, 6.07) is 1.54. The lowest BCUT2D eigenvalue weighted by atomic mass is 9.97. The van der Waals surface area contributed by atoms with Crippen molar-refractivity contribution in [1.29, 1.82) is 0 Å². The summed E-state index contributed by atoms with van der Waals surface area (Å²) < 4.78 is 0. The minimum atomic E-state index is -0.862. The standard InChI is InChI=1S/C10H14N2O3/c1-11-4-8(3-10(14)15)7-2-9(13)6-12-5-7/h2,5-6,8,11,13H,3-4H2,1H3,(H,14,15)/t8-/m1/s1. The maximum Gasteiger partial charge on any atom is 0.304 e. The first kappa shape index (κ1) is 11.5. The minimum Gasteiger partial charge on any atom is -0.506 e. The van der Waals surface area contributed by atoms with Crippen LogP contribution in [0.4, 0.5) is 0 Å². The second-order valence-electron chi connectivity index (χ2n) is 3.33. The largest absolute Gasteiger partial charge is 0.506 e. The predicted octanol–water partition coefficient (Wildman–Crippen LogP) is 0.565. The molecule has 0 aliphatic carbocycles. The number of hydrogen-bond acceptors (Lipinski definition) is 4. The maximum absolute atomic E-state index is 10.6. The molecule has 5 heteroatoms. The van der Waals surface area contributed by atoms with E-state index in [0.717, 1.165) is 5.56 Å². The highest BCUT2D eigenvalue weighted by Crippen LogP contribution is 2.21. The Morgan fingerprint density at radius 3 is 2.87 bits per heavy atom. The van der Waals surface area contributed by atoms with Gasteiger partial charge < -0.3 is 15.5 Å². The summed E-state index contributed by atoms with van der Waals surface area (Å²) in [6.45, 7) is 0.539. The van der Waals surface area contributed by atoms with E-state index in [2.05, 4.69) is 10.3 Å². The third-order valence-corrected chi connectivity index (χ3v) is 2.09. The van der Waals surface area contributed by atoms with E-state index in [1.165, 1.54) is 12.3 Å². The van der Waals surface area contributed by atoms with Crippen molar-refractivity contribution in [2.45, 2.75) is 12.3 Å². The number of likely N-dealkylation sites (N-methyl/N-ethyl adjacent to an activating group) is 1. The minimum absolute atomic E-state index is 0.0198. The molecule has 1 atom stereocenters. The van der Waals surface area contributed by atoms with E-state index in [9.17, 15) is 9.90 Å². The van der Waals surface area contributed by atoms with Gasteiger partial charge >= 0.3 is 5.97 Å². The zero-order chi connectivity index (χ0) is 11.3. The monoisotopic (exact) mass is 210 g/mol. The van der Waals surface area contributed by atoms with E-state index >= 15 is 0 Å². The van der Waals surface area contributed by atoms with Gasteiger partial charge in [0.2, 0.25) is 0 Å². The molecule has 82 valence electrons. The number of nitrogens with one attached hydrogen (secondary N) is 1. The van der Waals surface area contributed by atoms with Gasteiger partial charge in [0.05, 0.1) is 12.6 Å². The van der Waals surface area contributed by atoms with Gasteiger partial charge in [0, 0.05) is 18.7 Å². The van der Waals surface area contributed by atoms with E-state index in [4.69, 9.17) is 5.11 Å². The first-order chi connectivity index (χ1) is 7.13. The molecule has 0 spiro atoms. The lowest BCUT2D eigenvalue weighted by Crippen LogP contribution is -2.20. The Bertz CT molecular complexity index is 341. The molecule has 1 heterocycles. The number of carboxylic acid groups (broad SMARTS) is 1. The summed E-state index contributed by atoms with van der Waals surface area (Å²) in [6.07, 6.45) is 2.91. The molecule has 1 aromatic rings. The van der Waals surface area contributed by atoms with Crippen LogP contribution in [0.25, 0.3) is 0 Å². The molecule has 0 radical (unpaired) electrons. The van der Waals surface area contributed by atoms with Gasteiger partial charge in [0.25, 0.3) is 0 Å². The van der Waals surface area contributed by atoms with Gasteiger partial charge in [0.1, 0.15) is 5.75 Å². The highest BCUT2D eigenvalue weighted by molar-refractivity contribution is 5.68. The summed E-state index contributed by atoms with van der Waals surface area (Å²) in [5.41, 5.74) is 0.728. The summed E-state index contributed by atoms with van der Waals surface area (Å²) in [5, 5.41) is 20.9. The zero-order valence-electron chi connectivity index (χ0n) is 8.47. The van der Waals surface area contributed by atoms with E-state index in [1.807, 2.05) is 0 Å². The molecule has 0 fully saturated rings. The summed E-state index contributed by atoms with van der Waals surface area (Å²) in [5.74, 6) is -0.982. The molecule has 5 nitrogen and oxygen atoms in total. The number of pyridine rings is 1. The molecule has 1 aromatic heterocycles. The van der Waals surface area contributed by atoms with Crippen LogP contribution < -0.4 is 5.32 Å². The number of aromatic nitrogens is 1. The number of hydrogen-bond donors (Lipinski definition) is 3. The van der Waals surface area contributed by atoms with Crippen LogP contribution in [0.1, 0.15) is 17.9 Å². The topological polar surface area (TPSA) is 82.5 Å². The van der Waals surface area contributed by atoms with Crippen molar-refractivity contribution < 1.29 is 15.0 Å². The van der Waals surface area contributed by atoms with Crippen LogP contribution in [0.2, 0.25) is 0 Å². The Morgan fingerprint density at radius 1 is 1.60 bits per heavy atom. The lowest BCUT2D eigenvalue weighted by Gasteiger charge is -2.14. The quantitative estimate of drug-likeness (QED) is 0.661. The smallest absolute Gasteiger partial charge is 0.304 e. The summed E-state index contributed by atoms with van der Waals surface area (Å²) >= 11 is 0. The Labute approximate surface area is 87.8 Å². The fourth-order valence-electron chi connectivity index (χ4n) is 1.43. The van der Waals surface area contributed by atoms with Crippen LogP contribution in [-0.2, 0) is 4.79 Å². The Hall–Kier alpha value is -1.62. The molecule has 15 heavy (non-hydrogen) atoms. The number of rotatable bonds is 5. The van der Waals surface area contributed by atoms with Gasteiger partial charge in [-0.1, -0.05) is 0 Å². The van der Waals surface area contributed by atoms with E-state index in [1.54, 1.807) is 13.2 Å². The molecule has 0 aliphatic rings. The van der Waals surface area contributed by atoms with Crippen LogP contribution in [0.5, 0.6) is 5.75 Å². The van der Waals surface area contributed by atoms with Gasteiger partial charge in [-0.25, -0.2) is 0 Å². The van der Waals surface area contributed by atoms with E-state index in [0.29, 0.717) is 6.54 Å². The molecular formula is C10H14N2O3. The number of nitrogens with zero attached hydrogens (tertiary/aromatic N) is 1. The van der Waals surface area contributed by atoms with Crippen LogP contribution in [0, 0.1) is 0 Å². The van der Waals surface area contributed by atoms with Crippen molar-refractivity contribution in [2.24, 2.45) is 0 Å². The normalized spacial score (nSPS) is 12.3. The maximum atomic E-state index is 10.6. The third kappa shape index (κ3) is 3.55. The second kappa shape index (κ2) is 5.31. The average molecular weight is 210 g/mol. The SMILES string of the molecule is CNC[C@@H](CC(=O)O)c1cncc(O)c1. The molecule has 0 aromatic carbocycles. The van der Waals surface area contributed by atoms with Gasteiger partial charge in [-0.3, -0.25) is 9.78 Å². The molecule has 3 N–H and O–H groups in total. The predicted molar refractivity (Wildman–Crippen MR) is 54.8 cm³/mol. The van der Waals surface area contributed by atoms with Crippen molar-refractivity contribution in [3.63, 3.8) is 0 Å². The summed E-state index contributed by atoms with van der Waals surface area (Å²) in [4.78, 5) is 14.5. The Kier molecular flexibility index (Phi) is 4.05. The lowest BCUT2D eigenvalue weighted by molar-refractivity contribution is -0.137. The molecule has 0 amide bonds. The molecule has 0 unspecified atom stereocenters. The van der Waals surface area contributed by atoms with Crippen molar-refractivity contribution in [3.05, 3.63) is 24.0 Å². The first-order valence-electron chi connectivity index (χ1n) is 4.63. The first-order valence-corrected chi connectivity index (χ1v) is 4.63. The molecule has 0 saturated carbocycles. The van der Waals surface area contributed by atoms with Gasteiger partial charge in [-0.05, 0) is 18.7 Å². The molecule has 1 rings (SSSR count). The number of aliphatic carboxylic acids is 1. The summed E-state index contributed by atoms with van der Waals surface area (Å²) in [7, 11) is 1.76. The van der Waals surface area contributed by atoms with Crippen LogP contribution in [-0.4, -0.2) is 34.8 Å². The fourth-order valence-corrected chi connectivity index (χ4v) is 1.43. The fraction of sp³-hybridized carbons (Fsp3) is 0.400. The third-order valence-electron chi connectivity index (χ3n) is 2.09. The number of carbonyl (C=O) groups is 1. The zero-order valence-corrected chi connectivity index (χ0v) is 8.47. The number of carboxylic acids is 1. The highest BCUT2D eigenvalue weighted by Gasteiger charge is 2.15. The highest BCUT2D eigenvalue weighted by atomic mass is 16.4. The van der Waals surface area contributed by atoms with Gasteiger partial charge in [0.15, 0.2) is 0 Å².